The van der Waals surface area contributed by atoms with E-state index in [0.717, 1.165) is 0 Å². The predicted octanol–water partition coefficient (Wildman–Crippen LogP) is 3.66. The van der Waals surface area contributed by atoms with Gasteiger partial charge in [0.05, 0.1) is 34.1 Å². The molecule has 2 aromatic carbocycles. The third-order valence-corrected chi connectivity index (χ3v) is 4.33. The van der Waals surface area contributed by atoms with E-state index in [0.29, 0.717) is 34.0 Å². The molecule has 0 spiro atoms. The summed E-state index contributed by atoms with van der Waals surface area (Å²) in [6, 6.07) is 8.13. The Balaban J connectivity index is 2.19. The Hall–Kier alpha value is -3.68. The van der Waals surface area contributed by atoms with Crippen LogP contribution in [-0.4, -0.2) is 40.1 Å². The second kappa shape index (κ2) is 8.14. The number of amides is 1. The molecular formula is C21H21NO7. The molecule has 0 aliphatic heterocycles. The number of carbonyl (C=O) groups excluding carboxylic acids is 2. The smallest absolute Gasteiger partial charge is 0.230 e. The highest BCUT2D eigenvalue weighted by Gasteiger charge is 2.25. The van der Waals surface area contributed by atoms with E-state index in [4.69, 9.17) is 23.4 Å². The van der Waals surface area contributed by atoms with Crippen LogP contribution < -0.4 is 24.3 Å². The van der Waals surface area contributed by atoms with Crippen molar-refractivity contribution in [2.24, 2.45) is 0 Å². The Labute approximate surface area is 167 Å². The average Bonchev–Trinajstić information content (AvgIpc) is 3.08. The summed E-state index contributed by atoms with van der Waals surface area (Å²) < 4.78 is 26.9. The van der Waals surface area contributed by atoms with Gasteiger partial charge in [0.1, 0.15) is 11.3 Å². The molecule has 0 aliphatic rings. The molecule has 1 amide bonds. The van der Waals surface area contributed by atoms with E-state index in [1.54, 1.807) is 18.2 Å². The lowest BCUT2D eigenvalue weighted by Crippen LogP contribution is -2.10. The number of nitrogens with one attached hydrogen (secondary N) is 1. The van der Waals surface area contributed by atoms with E-state index in [9.17, 15) is 9.59 Å². The lowest BCUT2D eigenvalue weighted by Gasteiger charge is -2.13. The minimum atomic E-state index is -0.455. The molecule has 0 fully saturated rings. The first-order valence-electron chi connectivity index (χ1n) is 8.66. The molecule has 8 nitrogen and oxygen atoms in total. The zero-order chi connectivity index (χ0) is 21.1. The van der Waals surface area contributed by atoms with Crippen LogP contribution in [0.2, 0.25) is 0 Å². The van der Waals surface area contributed by atoms with Crippen molar-refractivity contribution in [3.63, 3.8) is 0 Å². The highest BCUT2D eigenvalue weighted by atomic mass is 16.5. The van der Waals surface area contributed by atoms with E-state index in [1.165, 1.54) is 47.5 Å². The lowest BCUT2D eigenvalue weighted by molar-refractivity contribution is -0.114. The van der Waals surface area contributed by atoms with Gasteiger partial charge in [-0.1, -0.05) is 0 Å². The Morgan fingerprint density at radius 1 is 0.897 bits per heavy atom. The number of anilines is 1. The number of benzene rings is 2. The number of fused-ring (bicyclic) bond motifs is 1. The molecule has 0 bridgehead atoms. The third-order valence-electron chi connectivity index (χ3n) is 4.33. The summed E-state index contributed by atoms with van der Waals surface area (Å²) in [4.78, 5) is 25.0. The fourth-order valence-electron chi connectivity index (χ4n) is 3.01. The first-order valence-corrected chi connectivity index (χ1v) is 8.66. The summed E-state index contributed by atoms with van der Waals surface area (Å²) >= 11 is 0. The molecule has 0 unspecified atom stereocenters. The number of furan rings is 1. The Morgan fingerprint density at radius 2 is 1.55 bits per heavy atom. The summed E-state index contributed by atoms with van der Waals surface area (Å²) in [5, 5.41) is 3.26. The normalized spacial score (nSPS) is 10.5. The molecule has 152 valence electrons. The van der Waals surface area contributed by atoms with E-state index < -0.39 is 5.78 Å². The highest BCUT2D eigenvalue weighted by Crippen LogP contribution is 2.40. The first-order chi connectivity index (χ1) is 13.9. The van der Waals surface area contributed by atoms with Crippen molar-refractivity contribution in [1.82, 2.24) is 0 Å². The molecule has 1 N–H and O–H groups in total. The van der Waals surface area contributed by atoms with Crippen molar-refractivity contribution in [3.8, 4) is 23.0 Å². The van der Waals surface area contributed by atoms with Crippen molar-refractivity contribution in [2.75, 3.05) is 33.8 Å². The lowest BCUT2D eigenvalue weighted by atomic mass is 10.1. The van der Waals surface area contributed by atoms with Crippen LogP contribution >= 0.6 is 0 Å². The van der Waals surface area contributed by atoms with Gasteiger partial charge in [-0.2, -0.15) is 0 Å². The topological polar surface area (TPSA) is 96.2 Å². The maximum absolute atomic E-state index is 13.3. The molecule has 0 atom stereocenters. The minimum Gasteiger partial charge on any atom is -0.497 e. The fourth-order valence-corrected chi connectivity index (χ4v) is 3.01. The maximum atomic E-state index is 13.3. The number of ketones is 1. The second-order valence-corrected chi connectivity index (χ2v) is 6.09. The van der Waals surface area contributed by atoms with E-state index >= 15 is 0 Å². The van der Waals surface area contributed by atoms with Gasteiger partial charge in [0.25, 0.3) is 0 Å². The van der Waals surface area contributed by atoms with Gasteiger partial charge >= 0.3 is 0 Å². The molecule has 3 rings (SSSR count). The van der Waals surface area contributed by atoms with Crippen LogP contribution in [0.15, 0.2) is 34.7 Å². The van der Waals surface area contributed by atoms with E-state index in [1.807, 2.05) is 0 Å². The van der Waals surface area contributed by atoms with Gasteiger partial charge in [0.15, 0.2) is 17.3 Å². The second-order valence-electron chi connectivity index (χ2n) is 6.09. The molecule has 1 aromatic heterocycles. The Kier molecular flexibility index (Phi) is 5.63. The monoisotopic (exact) mass is 399 g/mol. The number of hydrogen-bond acceptors (Lipinski definition) is 7. The van der Waals surface area contributed by atoms with Crippen LogP contribution in [0.25, 0.3) is 11.0 Å². The molecular weight excluding hydrogens is 378 g/mol. The van der Waals surface area contributed by atoms with Crippen molar-refractivity contribution in [1.29, 1.82) is 0 Å². The van der Waals surface area contributed by atoms with Gasteiger partial charge in [-0.05, 0) is 24.3 Å². The predicted molar refractivity (Wildman–Crippen MR) is 107 cm³/mol. The van der Waals surface area contributed by atoms with Crippen LogP contribution in [0.5, 0.6) is 23.0 Å². The molecule has 0 radical (unpaired) electrons. The summed E-state index contributed by atoms with van der Waals surface area (Å²) in [5.74, 6) is 0.779. The number of ether oxygens (including phenoxy) is 4. The number of methoxy groups -OCH3 is 4. The molecule has 29 heavy (non-hydrogen) atoms. The van der Waals surface area contributed by atoms with Crippen LogP contribution in [0.4, 0.5) is 5.69 Å². The van der Waals surface area contributed by atoms with Gasteiger partial charge in [0.2, 0.25) is 17.4 Å². The Bertz CT molecular complexity index is 1060. The van der Waals surface area contributed by atoms with E-state index in [2.05, 4.69) is 5.32 Å². The number of carbonyl (C=O) groups is 2. The minimum absolute atomic E-state index is 0.0160. The van der Waals surface area contributed by atoms with Crippen LogP contribution in [0.3, 0.4) is 0 Å². The summed E-state index contributed by atoms with van der Waals surface area (Å²) in [5.41, 5.74) is 0.940. The molecule has 0 saturated carbocycles. The molecule has 0 saturated heterocycles. The van der Waals surface area contributed by atoms with Gasteiger partial charge in [-0.3, -0.25) is 9.59 Å². The summed E-state index contributed by atoms with van der Waals surface area (Å²) in [7, 11) is 5.92. The number of hydrogen-bond donors (Lipinski definition) is 1. The van der Waals surface area contributed by atoms with E-state index in [-0.39, 0.29) is 22.9 Å². The largest absolute Gasteiger partial charge is 0.497 e. The van der Waals surface area contributed by atoms with Crippen LogP contribution in [0, 0.1) is 0 Å². The third kappa shape index (κ3) is 3.69. The van der Waals surface area contributed by atoms with Crippen molar-refractivity contribution in [3.05, 3.63) is 41.7 Å². The molecule has 3 aromatic rings. The van der Waals surface area contributed by atoms with Gasteiger partial charge in [0, 0.05) is 23.9 Å². The average molecular weight is 399 g/mol. The molecule has 8 heteroatoms. The molecule has 0 aliphatic carbocycles. The van der Waals surface area contributed by atoms with Gasteiger partial charge < -0.3 is 28.7 Å². The standard InChI is InChI=1S/C21H21NO7/c1-11(23)22-18-14-7-6-13(25-2)10-15(14)29-21(18)19(24)12-8-16(26-3)20(28-5)17(9-12)27-4/h6-10H,1-5H3,(H,22,23). The quantitative estimate of drug-likeness (QED) is 0.606. The Morgan fingerprint density at radius 3 is 2.07 bits per heavy atom. The summed E-state index contributed by atoms with van der Waals surface area (Å²) in [6.45, 7) is 1.36. The van der Waals surface area contributed by atoms with Gasteiger partial charge in [-0.15, -0.1) is 0 Å². The maximum Gasteiger partial charge on any atom is 0.230 e. The van der Waals surface area contributed by atoms with Crippen molar-refractivity contribution < 1.29 is 33.0 Å². The van der Waals surface area contributed by atoms with Crippen LogP contribution in [-0.2, 0) is 4.79 Å². The van der Waals surface area contributed by atoms with Crippen molar-refractivity contribution in [2.45, 2.75) is 6.92 Å². The van der Waals surface area contributed by atoms with Crippen molar-refractivity contribution >= 4 is 28.3 Å². The SMILES string of the molecule is COc1ccc2c(NC(C)=O)c(C(=O)c3cc(OC)c(OC)c(OC)c3)oc2c1. The van der Waals surface area contributed by atoms with Gasteiger partial charge in [-0.25, -0.2) is 0 Å². The zero-order valence-corrected chi connectivity index (χ0v) is 16.7. The highest BCUT2D eigenvalue weighted by molar-refractivity contribution is 6.17. The van der Waals surface area contributed by atoms with Crippen LogP contribution in [0.1, 0.15) is 23.0 Å². The zero-order valence-electron chi connectivity index (χ0n) is 16.7. The molecule has 1 heterocycles. The summed E-state index contributed by atoms with van der Waals surface area (Å²) in [6.07, 6.45) is 0. The number of rotatable bonds is 7. The fraction of sp³-hybridized carbons (Fsp3) is 0.238. The first kappa shape index (κ1) is 20.1.